The molecule has 0 aliphatic carbocycles. The summed E-state index contributed by atoms with van der Waals surface area (Å²) in [6, 6.07) is 0. The van der Waals surface area contributed by atoms with E-state index < -0.39 is 9.05 Å². The van der Waals surface area contributed by atoms with Gasteiger partial charge in [0, 0.05) is 31.0 Å². The minimum absolute atomic E-state index is 0.261. The summed E-state index contributed by atoms with van der Waals surface area (Å²) < 4.78 is 30.9. The molecule has 0 spiro atoms. The van der Waals surface area contributed by atoms with Crippen molar-refractivity contribution in [2.75, 3.05) is 13.7 Å². The summed E-state index contributed by atoms with van der Waals surface area (Å²) in [4.78, 5) is 4.11. The topological polar surface area (TPSA) is 91.9 Å². The Hall–Kier alpha value is -1.45. The minimum Gasteiger partial charge on any atom is -0.383 e. The van der Waals surface area contributed by atoms with Gasteiger partial charge in [0.1, 0.15) is 5.69 Å². The highest BCUT2D eigenvalue weighted by Gasteiger charge is 2.24. The maximum Gasteiger partial charge on any atom is 0.296 e. The lowest BCUT2D eigenvalue weighted by Crippen LogP contribution is -2.11. The van der Waals surface area contributed by atoms with Gasteiger partial charge in [0.25, 0.3) is 14.2 Å². The van der Waals surface area contributed by atoms with Gasteiger partial charge in [0.15, 0.2) is 5.82 Å². The molecule has 0 amide bonds. The highest BCUT2D eigenvalue weighted by Crippen LogP contribution is 2.20. The number of ether oxygens (including phenoxy) is 1. The number of rotatable bonds is 5. The lowest BCUT2D eigenvalue weighted by molar-refractivity contribution is 0.185. The van der Waals surface area contributed by atoms with Crippen molar-refractivity contribution in [1.82, 2.24) is 24.3 Å². The second-order valence-corrected chi connectivity index (χ2v) is 6.27. The van der Waals surface area contributed by atoms with Gasteiger partial charge in [-0.15, -0.1) is 10.2 Å². The Kier molecular flexibility index (Phi) is 3.88. The zero-order valence-electron chi connectivity index (χ0n) is 10.3. The van der Waals surface area contributed by atoms with E-state index in [2.05, 4.69) is 15.2 Å². The Morgan fingerprint density at radius 2 is 2.16 bits per heavy atom. The van der Waals surface area contributed by atoms with Crippen LogP contribution < -0.4 is 0 Å². The Morgan fingerprint density at radius 3 is 2.68 bits per heavy atom. The van der Waals surface area contributed by atoms with Crippen molar-refractivity contribution in [3.8, 4) is 11.5 Å². The van der Waals surface area contributed by atoms with Gasteiger partial charge in [-0.25, -0.2) is 13.4 Å². The SMILES string of the molecule is COCCn1c(-c2cn(C)cn2)nnc1S(=O)(=O)Cl. The van der Waals surface area contributed by atoms with Crippen molar-refractivity contribution in [3.05, 3.63) is 12.5 Å². The van der Waals surface area contributed by atoms with Gasteiger partial charge in [0.2, 0.25) is 0 Å². The van der Waals surface area contributed by atoms with Crippen LogP contribution in [0.1, 0.15) is 0 Å². The van der Waals surface area contributed by atoms with Crippen molar-refractivity contribution in [3.63, 3.8) is 0 Å². The molecule has 2 aromatic rings. The van der Waals surface area contributed by atoms with Crippen LogP contribution in [-0.2, 0) is 27.4 Å². The molecule has 0 aliphatic heterocycles. The summed E-state index contributed by atoms with van der Waals surface area (Å²) in [7, 11) is 4.67. The van der Waals surface area contributed by atoms with Gasteiger partial charge in [-0.1, -0.05) is 0 Å². The normalized spacial score (nSPS) is 11.9. The second-order valence-electron chi connectivity index (χ2n) is 3.81. The van der Waals surface area contributed by atoms with Crippen molar-refractivity contribution in [2.24, 2.45) is 7.05 Å². The fourth-order valence-electron chi connectivity index (χ4n) is 1.57. The molecule has 10 heteroatoms. The fourth-order valence-corrected chi connectivity index (χ4v) is 2.49. The van der Waals surface area contributed by atoms with E-state index in [9.17, 15) is 8.42 Å². The molecular formula is C9H12ClN5O3S. The molecule has 0 unspecified atom stereocenters. The lowest BCUT2D eigenvalue weighted by Gasteiger charge is -2.06. The molecule has 0 atom stereocenters. The van der Waals surface area contributed by atoms with Gasteiger partial charge in [0.05, 0.1) is 19.5 Å². The van der Waals surface area contributed by atoms with Crippen LogP contribution >= 0.6 is 10.7 Å². The number of hydrogen-bond donors (Lipinski definition) is 0. The van der Waals surface area contributed by atoms with E-state index >= 15 is 0 Å². The largest absolute Gasteiger partial charge is 0.383 e. The Bertz CT molecular complexity index is 678. The lowest BCUT2D eigenvalue weighted by atomic mass is 10.4. The number of halogens is 1. The molecule has 19 heavy (non-hydrogen) atoms. The molecule has 2 heterocycles. The molecule has 104 valence electrons. The van der Waals surface area contributed by atoms with Crippen LogP contribution in [0.5, 0.6) is 0 Å². The molecule has 0 fully saturated rings. The molecule has 0 bridgehead atoms. The van der Waals surface area contributed by atoms with E-state index in [4.69, 9.17) is 15.4 Å². The average Bonchev–Trinajstić information content (AvgIpc) is 2.91. The van der Waals surface area contributed by atoms with E-state index in [0.29, 0.717) is 18.1 Å². The van der Waals surface area contributed by atoms with Gasteiger partial charge in [-0.05, 0) is 0 Å². The summed E-state index contributed by atoms with van der Waals surface area (Å²) in [5, 5.41) is 7.14. The summed E-state index contributed by atoms with van der Waals surface area (Å²) in [6.07, 6.45) is 3.29. The van der Waals surface area contributed by atoms with Crippen LogP contribution in [0.3, 0.4) is 0 Å². The molecule has 8 nitrogen and oxygen atoms in total. The first-order valence-corrected chi connectivity index (χ1v) is 7.59. The third-order valence-corrected chi connectivity index (χ3v) is 3.54. The van der Waals surface area contributed by atoms with E-state index in [0.717, 1.165) is 0 Å². The standard InChI is InChI=1S/C9H12ClN5O3S/c1-14-5-7(11-6-14)8-12-13-9(19(10,16)17)15(8)3-4-18-2/h5-6H,3-4H2,1-2H3. The Morgan fingerprint density at radius 1 is 1.42 bits per heavy atom. The smallest absolute Gasteiger partial charge is 0.296 e. The Balaban J connectivity index is 2.52. The minimum atomic E-state index is -3.97. The van der Waals surface area contributed by atoms with Crippen molar-refractivity contribution < 1.29 is 13.2 Å². The maximum atomic E-state index is 11.4. The fraction of sp³-hybridized carbons (Fsp3) is 0.444. The van der Waals surface area contributed by atoms with Crippen LogP contribution in [0, 0.1) is 0 Å². The first kappa shape index (κ1) is 14.0. The molecule has 2 aromatic heterocycles. The van der Waals surface area contributed by atoms with Crippen LogP contribution in [-0.4, -0.2) is 46.5 Å². The molecule has 0 saturated carbocycles. The summed E-state index contributed by atoms with van der Waals surface area (Å²) in [6.45, 7) is 0.563. The predicted molar refractivity (Wildman–Crippen MR) is 67.1 cm³/mol. The molecular weight excluding hydrogens is 294 g/mol. The average molecular weight is 306 g/mol. The van der Waals surface area contributed by atoms with Gasteiger partial charge in [-0.2, -0.15) is 0 Å². The zero-order valence-corrected chi connectivity index (χ0v) is 11.9. The molecule has 0 saturated heterocycles. The third-order valence-electron chi connectivity index (χ3n) is 2.39. The van der Waals surface area contributed by atoms with Crippen LogP contribution in [0.4, 0.5) is 0 Å². The molecule has 0 radical (unpaired) electrons. The van der Waals surface area contributed by atoms with E-state index in [1.807, 2.05) is 0 Å². The maximum absolute atomic E-state index is 11.4. The summed E-state index contributed by atoms with van der Waals surface area (Å²) in [5.41, 5.74) is 0.512. The molecule has 0 aromatic carbocycles. The van der Waals surface area contributed by atoms with Crippen molar-refractivity contribution in [2.45, 2.75) is 11.7 Å². The van der Waals surface area contributed by atoms with E-state index in [1.165, 1.54) is 11.7 Å². The zero-order chi connectivity index (χ0) is 14.0. The highest BCUT2D eigenvalue weighted by atomic mass is 35.7. The summed E-state index contributed by atoms with van der Waals surface area (Å²) in [5.74, 6) is 0.330. The summed E-state index contributed by atoms with van der Waals surface area (Å²) >= 11 is 0. The number of aryl methyl sites for hydroxylation is 1. The van der Waals surface area contributed by atoms with Crippen LogP contribution in [0.2, 0.25) is 0 Å². The van der Waals surface area contributed by atoms with Gasteiger partial charge < -0.3 is 9.30 Å². The first-order valence-electron chi connectivity index (χ1n) is 5.28. The van der Waals surface area contributed by atoms with Crippen molar-refractivity contribution >= 4 is 19.7 Å². The molecule has 0 aliphatic rings. The van der Waals surface area contributed by atoms with Gasteiger partial charge >= 0.3 is 0 Å². The number of methoxy groups -OCH3 is 1. The third kappa shape index (κ3) is 2.94. The number of hydrogen-bond acceptors (Lipinski definition) is 6. The van der Waals surface area contributed by atoms with E-state index in [-0.39, 0.29) is 11.7 Å². The van der Waals surface area contributed by atoms with Crippen LogP contribution in [0.25, 0.3) is 11.5 Å². The van der Waals surface area contributed by atoms with Gasteiger partial charge in [-0.3, -0.25) is 4.57 Å². The molecule has 0 N–H and O–H groups in total. The number of aromatic nitrogens is 5. The number of nitrogens with zero attached hydrogens (tertiary/aromatic N) is 5. The van der Waals surface area contributed by atoms with Crippen LogP contribution in [0.15, 0.2) is 17.7 Å². The molecule has 2 rings (SSSR count). The van der Waals surface area contributed by atoms with E-state index in [1.54, 1.807) is 24.1 Å². The quantitative estimate of drug-likeness (QED) is 0.735. The predicted octanol–water partition coefficient (Wildman–Crippen LogP) is 0.253. The first-order chi connectivity index (χ1) is 8.93. The second kappa shape index (κ2) is 5.27. The number of imidazole rings is 1. The highest BCUT2D eigenvalue weighted by molar-refractivity contribution is 8.13. The Labute approximate surface area is 114 Å². The monoisotopic (exact) mass is 305 g/mol. The van der Waals surface area contributed by atoms with Crippen molar-refractivity contribution in [1.29, 1.82) is 0 Å².